The standard InChI is InChI=1S/C28H28N2/c1-21-3-15-26(16-4-21)30(27-17-5-22(2)6-18-27)28-19-11-24(12-20-28)8-7-23-9-13-25(29)14-10-23/h3-6,9-20H,7-8,29H2,1-2H3. The monoisotopic (exact) mass is 392 g/mol. The highest BCUT2D eigenvalue weighted by atomic mass is 15.1. The lowest BCUT2D eigenvalue weighted by Crippen LogP contribution is -2.10. The Morgan fingerprint density at radius 3 is 1.23 bits per heavy atom. The highest BCUT2D eigenvalue weighted by Crippen LogP contribution is 2.34. The minimum absolute atomic E-state index is 0.815. The van der Waals surface area contributed by atoms with Crippen LogP contribution in [0.5, 0.6) is 0 Å². The van der Waals surface area contributed by atoms with Crippen LogP contribution in [0.2, 0.25) is 0 Å². The van der Waals surface area contributed by atoms with Gasteiger partial charge < -0.3 is 10.6 Å². The van der Waals surface area contributed by atoms with E-state index in [4.69, 9.17) is 5.73 Å². The minimum Gasteiger partial charge on any atom is -0.399 e. The van der Waals surface area contributed by atoms with Gasteiger partial charge in [0.2, 0.25) is 0 Å². The molecule has 0 aliphatic rings. The third kappa shape index (κ3) is 4.72. The van der Waals surface area contributed by atoms with Gasteiger partial charge in [-0.2, -0.15) is 0 Å². The minimum atomic E-state index is 0.815. The molecule has 2 N–H and O–H groups in total. The SMILES string of the molecule is Cc1ccc(N(c2ccc(C)cc2)c2ccc(CCc3ccc(N)cc3)cc2)cc1. The van der Waals surface area contributed by atoms with Crippen molar-refractivity contribution in [3.8, 4) is 0 Å². The van der Waals surface area contributed by atoms with Crippen LogP contribution in [-0.4, -0.2) is 0 Å². The highest BCUT2D eigenvalue weighted by molar-refractivity contribution is 5.76. The molecule has 2 heteroatoms. The van der Waals surface area contributed by atoms with Crippen LogP contribution in [0.15, 0.2) is 97.1 Å². The second-order valence-corrected chi connectivity index (χ2v) is 7.91. The van der Waals surface area contributed by atoms with Crippen molar-refractivity contribution in [1.29, 1.82) is 0 Å². The van der Waals surface area contributed by atoms with E-state index in [1.807, 2.05) is 12.1 Å². The summed E-state index contributed by atoms with van der Waals surface area (Å²) in [7, 11) is 0. The van der Waals surface area contributed by atoms with Gasteiger partial charge in [0.25, 0.3) is 0 Å². The summed E-state index contributed by atoms with van der Waals surface area (Å²) in [6.45, 7) is 4.24. The Kier molecular flexibility index (Phi) is 5.85. The summed E-state index contributed by atoms with van der Waals surface area (Å²) in [5.41, 5.74) is 15.3. The summed E-state index contributed by atoms with van der Waals surface area (Å²) < 4.78 is 0. The Morgan fingerprint density at radius 2 is 0.833 bits per heavy atom. The molecule has 4 aromatic rings. The Hall–Kier alpha value is -3.52. The van der Waals surface area contributed by atoms with Gasteiger partial charge in [0.05, 0.1) is 0 Å². The van der Waals surface area contributed by atoms with E-state index in [9.17, 15) is 0 Å². The number of nitrogens with two attached hydrogens (primary N) is 1. The lowest BCUT2D eigenvalue weighted by Gasteiger charge is -2.26. The van der Waals surface area contributed by atoms with E-state index in [-0.39, 0.29) is 0 Å². The molecule has 4 rings (SSSR count). The van der Waals surface area contributed by atoms with Crippen molar-refractivity contribution < 1.29 is 0 Å². The van der Waals surface area contributed by atoms with Gasteiger partial charge in [-0.3, -0.25) is 0 Å². The summed E-state index contributed by atoms with van der Waals surface area (Å²) in [4.78, 5) is 2.31. The van der Waals surface area contributed by atoms with Crippen molar-refractivity contribution in [1.82, 2.24) is 0 Å². The van der Waals surface area contributed by atoms with Gasteiger partial charge in [-0.1, -0.05) is 59.7 Å². The number of benzene rings is 4. The van der Waals surface area contributed by atoms with E-state index in [1.165, 1.54) is 39.3 Å². The van der Waals surface area contributed by atoms with E-state index in [0.29, 0.717) is 0 Å². The molecule has 0 radical (unpaired) electrons. The van der Waals surface area contributed by atoms with Crippen LogP contribution in [-0.2, 0) is 12.8 Å². The van der Waals surface area contributed by atoms with Crippen molar-refractivity contribution in [3.63, 3.8) is 0 Å². The van der Waals surface area contributed by atoms with Crippen molar-refractivity contribution in [3.05, 3.63) is 119 Å². The van der Waals surface area contributed by atoms with Gasteiger partial charge in [-0.15, -0.1) is 0 Å². The molecule has 4 aromatic carbocycles. The van der Waals surface area contributed by atoms with Crippen LogP contribution in [0.4, 0.5) is 22.7 Å². The maximum Gasteiger partial charge on any atom is 0.0461 e. The van der Waals surface area contributed by atoms with Crippen molar-refractivity contribution >= 4 is 22.7 Å². The fourth-order valence-corrected chi connectivity index (χ4v) is 3.62. The van der Waals surface area contributed by atoms with E-state index in [0.717, 1.165) is 18.5 Å². The summed E-state index contributed by atoms with van der Waals surface area (Å²) >= 11 is 0. The number of rotatable bonds is 6. The molecule has 0 aromatic heterocycles. The fraction of sp³-hybridized carbons (Fsp3) is 0.143. The molecule has 0 unspecified atom stereocenters. The molecule has 0 saturated carbocycles. The van der Waals surface area contributed by atoms with Gasteiger partial charge in [-0.25, -0.2) is 0 Å². The van der Waals surface area contributed by atoms with Crippen LogP contribution >= 0.6 is 0 Å². The number of anilines is 4. The van der Waals surface area contributed by atoms with Gasteiger partial charge in [-0.05, 0) is 86.3 Å². The van der Waals surface area contributed by atoms with Crippen molar-refractivity contribution in [2.75, 3.05) is 10.6 Å². The maximum atomic E-state index is 5.79. The summed E-state index contributed by atoms with van der Waals surface area (Å²) in [5, 5.41) is 0. The first kappa shape index (κ1) is 19.8. The number of nitrogen functional groups attached to an aromatic ring is 1. The lowest BCUT2D eigenvalue weighted by atomic mass is 10.0. The molecule has 150 valence electrons. The van der Waals surface area contributed by atoms with E-state index in [2.05, 4.69) is 104 Å². The van der Waals surface area contributed by atoms with Gasteiger partial charge >= 0.3 is 0 Å². The van der Waals surface area contributed by atoms with Crippen LogP contribution in [0, 0.1) is 13.8 Å². The van der Waals surface area contributed by atoms with E-state index in [1.54, 1.807) is 0 Å². The second kappa shape index (κ2) is 8.87. The smallest absolute Gasteiger partial charge is 0.0461 e. The fourth-order valence-electron chi connectivity index (χ4n) is 3.62. The van der Waals surface area contributed by atoms with Crippen LogP contribution in [0.3, 0.4) is 0 Å². The molecule has 0 fully saturated rings. The van der Waals surface area contributed by atoms with Gasteiger partial charge in [0.15, 0.2) is 0 Å². The maximum absolute atomic E-state index is 5.79. The molecule has 0 amide bonds. The van der Waals surface area contributed by atoms with Crippen molar-refractivity contribution in [2.45, 2.75) is 26.7 Å². The zero-order valence-electron chi connectivity index (χ0n) is 17.7. The molecule has 0 atom stereocenters. The number of nitrogens with zero attached hydrogens (tertiary/aromatic N) is 1. The molecule has 0 saturated heterocycles. The van der Waals surface area contributed by atoms with E-state index >= 15 is 0 Å². The summed E-state index contributed by atoms with van der Waals surface area (Å²) in [6.07, 6.45) is 2.03. The lowest BCUT2D eigenvalue weighted by molar-refractivity contribution is 0.960. The molecule has 0 aliphatic carbocycles. The Balaban J connectivity index is 1.58. The highest BCUT2D eigenvalue weighted by Gasteiger charge is 2.12. The van der Waals surface area contributed by atoms with Gasteiger partial charge in [0, 0.05) is 22.7 Å². The Bertz CT molecular complexity index is 1030. The molecule has 0 spiro atoms. The first-order valence-electron chi connectivity index (χ1n) is 10.5. The van der Waals surface area contributed by atoms with Crippen LogP contribution < -0.4 is 10.6 Å². The summed E-state index contributed by atoms with van der Waals surface area (Å²) in [5.74, 6) is 0. The third-order valence-corrected chi connectivity index (χ3v) is 5.46. The molecule has 0 aliphatic heterocycles. The number of hydrogen-bond donors (Lipinski definition) is 1. The summed E-state index contributed by atoms with van der Waals surface area (Å²) in [6, 6.07) is 34.5. The molecule has 2 nitrogen and oxygen atoms in total. The number of aryl methyl sites for hydroxylation is 4. The average molecular weight is 393 g/mol. The predicted octanol–water partition coefficient (Wildman–Crippen LogP) is 7.14. The van der Waals surface area contributed by atoms with Crippen LogP contribution in [0.25, 0.3) is 0 Å². The number of hydrogen-bond acceptors (Lipinski definition) is 2. The Labute approximate surface area is 179 Å². The van der Waals surface area contributed by atoms with Crippen molar-refractivity contribution in [2.24, 2.45) is 0 Å². The zero-order chi connectivity index (χ0) is 20.9. The molecule has 0 heterocycles. The molecular formula is C28H28N2. The van der Waals surface area contributed by atoms with Gasteiger partial charge in [0.1, 0.15) is 0 Å². The topological polar surface area (TPSA) is 29.3 Å². The third-order valence-electron chi connectivity index (χ3n) is 5.46. The predicted molar refractivity (Wildman–Crippen MR) is 129 cm³/mol. The molecular weight excluding hydrogens is 364 g/mol. The zero-order valence-corrected chi connectivity index (χ0v) is 17.7. The first-order chi connectivity index (χ1) is 14.6. The largest absolute Gasteiger partial charge is 0.399 e. The normalized spacial score (nSPS) is 10.7. The van der Waals surface area contributed by atoms with E-state index < -0.39 is 0 Å². The second-order valence-electron chi connectivity index (χ2n) is 7.91. The first-order valence-corrected chi connectivity index (χ1v) is 10.5. The quantitative estimate of drug-likeness (QED) is 0.353. The van der Waals surface area contributed by atoms with Crippen LogP contribution in [0.1, 0.15) is 22.3 Å². The molecule has 0 bridgehead atoms. The Morgan fingerprint density at radius 1 is 0.500 bits per heavy atom. The average Bonchev–Trinajstić information content (AvgIpc) is 2.77. The molecule has 30 heavy (non-hydrogen) atoms.